The van der Waals surface area contributed by atoms with Gasteiger partial charge in [0.1, 0.15) is 11.8 Å². The summed E-state index contributed by atoms with van der Waals surface area (Å²) in [6, 6.07) is 0. The highest BCUT2D eigenvalue weighted by molar-refractivity contribution is 7.44. The van der Waals surface area contributed by atoms with Crippen LogP contribution in [0.15, 0.2) is 11.0 Å². The molecule has 1 saturated heterocycles. The summed E-state index contributed by atoms with van der Waals surface area (Å²) in [4.78, 5) is 34.2. The maximum absolute atomic E-state index is 13.4. The minimum atomic E-state index is -5.00. The molecule has 12 heteroatoms. The van der Waals surface area contributed by atoms with Crippen LogP contribution in [0.1, 0.15) is 19.6 Å². The second-order valence-corrected chi connectivity index (χ2v) is 6.24. The average molecular weight is 338 g/mol. The van der Waals surface area contributed by atoms with Crippen molar-refractivity contribution in [3.63, 3.8) is 0 Å². The SMILES string of the molecule is C[C@]1(COP(=O)([O-])O)O[C@@H](n2cc(F)c(N)nc2=O)C[C@@H]1O. The van der Waals surface area contributed by atoms with E-state index in [4.69, 9.17) is 15.4 Å². The fourth-order valence-corrected chi connectivity index (χ4v) is 2.47. The third-order valence-electron chi connectivity index (χ3n) is 3.29. The van der Waals surface area contributed by atoms with Crippen LogP contribution in [0.2, 0.25) is 0 Å². The van der Waals surface area contributed by atoms with Gasteiger partial charge in [-0.25, -0.2) is 9.18 Å². The zero-order valence-corrected chi connectivity index (χ0v) is 12.3. The van der Waals surface area contributed by atoms with E-state index in [1.54, 1.807) is 0 Å². The van der Waals surface area contributed by atoms with Crippen molar-refractivity contribution in [2.45, 2.75) is 31.3 Å². The molecule has 10 nitrogen and oxygen atoms in total. The van der Waals surface area contributed by atoms with Crippen molar-refractivity contribution in [2.24, 2.45) is 0 Å². The van der Waals surface area contributed by atoms with E-state index in [0.29, 0.717) is 0 Å². The number of nitrogens with two attached hydrogens (primary N) is 1. The summed E-state index contributed by atoms with van der Waals surface area (Å²) in [5.41, 5.74) is 2.75. The van der Waals surface area contributed by atoms with Crippen molar-refractivity contribution in [3.05, 3.63) is 22.5 Å². The molecular formula is C10H14FN3O7P-. The van der Waals surface area contributed by atoms with Crippen molar-refractivity contribution >= 4 is 13.6 Å². The maximum atomic E-state index is 13.4. The van der Waals surface area contributed by atoms with Crippen LogP contribution >= 0.6 is 7.82 Å². The normalized spacial score (nSPS) is 31.1. The summed E-state index contributed by atoms with van der Waals surface area (Å²) < 4.78 is 34.4. The fourth-order valence-electron chi connectivity index (χ4n) is 2.05. The average Bonchev–Trinajstić information content (AvgIpc) is 2.68. The lowest BCUT2D eigenvalue weighted by Gasteiger charge is -2.29. The number of phosphoric ester groups is 1. The molecule has 0 amide bonds. The van der Waals surface area contributed by atoms with Crippen molar-refractivity contribution in [3.8, 4) is 0 Å². The van der Waals surface area contributed by atoms with Crippen molar-refractivity contribution < 1.29 is 33.1 Å². The monoisotopic (exact) mass is 338 g/mol. The molecule has 0 aliphatic carbocycles. The van der Waals surface area contributed by atoms with Crippen LogP contribution in [0.4, 0.5) is 10.2 Å². The van der Waals surface area contributed by atoms with Crippen molar-refractivity contribution in [2.75, 3.05) is 12.3 Å². The Morgan fingerprint density at radius 2 is 2.41 bits per heavy atom. The summed E-state index contributed by atoms with van der Waals surface area (Å²) in [6.07, 6.45) is -1.68. The zero-order valence-electron chi connectivity index (χ0n) is 11.4. The second kappa shape index (κ2) is 5.69. The number of hydrogen-bond donors (Lipinski definition) is 3. The van der Waals surface area contributed by atoms with Crippen LogP contribution in [0.5, 0.6) is 0 Å². The lowest BCUT2D eigenvalue weighted by molar-refractivity contribution is -0.227. The number of anilines is 1. The molecule has 1 aliphatic rings. The minimum absolute atomic E-state index is 0.139. The topological polar surface area (TPSA) is 160 Å². The number of rotatable bonds is 4. The van der Waals surface area contributed by atoms with Crippen LogP contribution in [0.3, 0.4) is 0 Å². The smallest absolute Gasteiger partial charge is 0.351 e. The Morgan fingerprint density at radius 1 is 1.77 bits per heavy atom. The van der Waals surface area contributed by atoms with E-state index < -0.39 is 49.7 Å². The quantitative estimate of drug-likeness (QED) is 0.554. The predicted molar refractivity (Wildman–Crippen MR) is 67.8 cm³/mol. The van der Waals surface area contributed by atoms with Gasteiger partial charge in [-0.1, -0.05) is 0 Å². The Hall–Kier alpha value is -1.36. The molecule has 0 bridgehead atoms. The van der Waals surface area contributed by atoms with Crippen LogP contribution in [-0.2, 0) is 13.8 Å². The number of nitrogen functional groups attached to an aromatic ring is 1. The summed E-state index contributed by atoms with van der Waals surface area (Å²) in [5.74, 6) is -1.51. The highest BCUT2D eigenvalue weighted by Gasteiger charge is 2.46. The first-order chi connectivity index (χ1) is 10.0. The molecule has 1 aromatic heterocycles. The van der Waals surface area contributed by atoms with Gasteiger partial charge in [-0.15, -0.1) is 0 Å². The van der Waals surface area contributed by atoms with E-state index in [-0.39, 0.29) is 6.42 Å². The van der Waals surface area contributed by atoms with E-state index >= 15 is 0 Å². The molecule has 1 aromatic rings. The Labute approximate surface area is 123 Å². The summed E-state index contributed by atoms with van der Waals surface area (Å²) in [7, 11) is -5.00. The molecule has 4 N–H and O–H groups in total. The first kappa shape index (κ1) is 17.0. The van der Waals surface area contributed by atoms with E-state index in [9.17, 15) is 23.7 Å². The first-order valence-corrected chi connectivity index (χ1v) is 7.60. The van der Waals surface area contributed by atoms with Gasteiger partial charge in [-0.05, 0) is 6.92 Å². The fraction of sp³-hybridized carbons (Fsp3) is 0.600. The van der Waals surface area contributed by atoms with Crippen LogP contribution in [-0.4, -0.2) is 37.9 Å². The Morgan fingerprint density at radius 3 is 3.00 bits per heavy atom. The molecule has 0 saturated carbocycles. The molecule has 1 fully saturated rings. The standard InChI is InChI=1S/C10H15FN3O7P/c1-10(4-20-22(17,18)19)6(15)2-7(21-10)14-3-5(11)8(12)13-9(14)16/h3,6-7,15H,2,4H2,1H3,(H2,12,13,16)(H2,17,18,19)/p-1/t6-,7+,10+/m0/s1. The van der Waals surface area contributed by atoms with E-state index in [1.165, 1.54) is 6.92 Å². The summed E-state index contributed by atoms with van der Waals surface area (Å²) >= 11 is 0. The molecule has 1 unspecified atom stereocenters. The minimum Gasteiger partial charge on any atom is -0.756 e. The van der Waals surface area contributed by atoms with Gasteiger partial charge in [0.15, 0.2) is 11.6 Å². The van der Waals surface area contributed by atoms with Gasteiger partial charge < -0.3 is 29.9 Å². The molecule has 124 valence electrons. The van der Waals surface area contributed by atoms with Crippen molar-refractivity contribution in [1.29, 1.82) is 0 Å². The molecule has 0 aromatic carbocycles. The molecule has 2 heterocycles. The highest BCUT2D eigenvalue weighted by Crippen LogP contribution is 2.40. The number of halogens is 1. The number of aliphatic hydroxyl groups is 1. The Bertz CT molecular complexity index is 677. The van der Waals surface area contributed by atoms with Crippen molar-refractivity contribution in [1.82, 2.24) is 9.55 Å². The molecule has 22 heavy (non-hydrogen) atoms. The van der Waals surface area contributed by atoms with Gasteiger partial charge in [0.2, 0.25) is 0 Å². The lowest BCUT2D eigenvalue weighted by Crippen LogP contribution is -2.41. The molecule has 0 spiro atoms. The second-order valence-electron chi connectivity index (χ2n) is 5.04. The molecule has 4 atom stereocenters. The van der Waals surface area contributed by atoms with E-state index in [2.05, 4.69) is 9.51 Å². The molecule has 0 radical (unpaired) electrons. The molecule has 2 rings (SSSR count). The largest absolute Gasteiger partial charge is 0.756 e. The number of ether oxygens (including phenoxy) is 1. The number of aliphatic hydroxyl groups excluding tert-OH is 1. The highest BCUT2D eigenvalue weighted by atomic mass is 31.2. The van der Waals surface area contributed by atoms with Gasteiger partial charge in [0.05, 0.1) is 18.9 Å². The third kappa shape index (κ3) is 3.51. The van der Waals surface area contributed by atoms with Crippen LogP contribution in [0, 0.1) is 5.82 Å². The summed E-state index contributed by atoms with van der Waals surface area (Å²) in [5, 5.41) is 9.96. The Balaban J connectivity index is 2.22. The third-order valence-corrected chi connectivity index (χ3v) is 3.75. The van der Waals surface area contributed by atoms with Gasteiger partial charge in [0, 0.05) is 6.42 Å². The zero-order chi connectivity index (χ0) is 16.7. The molecular weight excluding hydrogens is 324 g/mol. The van der Waals surface area contributed by atoms with Gasteiger partial charge in [-0.3, -0.25) is 9.13 Å². The van der Waals surface area contributed by atoms with Gasteiger partial charge in [-0.2, -0.15) is 4.98 Å². The number of hydrogen-bond acceptors (Lipinski definition) is 8. The summed E-state index contributed by atoms with van der Waals surface area (Å²) in [6.45, 7) is 0.640. The number of aromatic nitrogens is 2. The van der Waals surface area contributed by atoms with Crippen LogP contribution in [0.25, 0.3) is 0 Å². The van der Waals surface area contributed by atoms with E-state index in [0.717, 1.165) is 10.8 Å². The molecule has 1 aliphatic heterocycles. The van der Waals surface area contributed by atoms with Crippen LogP contribution < -0.4 is 16.3 Å². The van der Waals surface area contributed by atoms with Gasteiger partial charge in [0.25, 0.3) is 7.82 Å². The predicted octanol–water partition coefficient (Wildman–Crippen LogP) is -1.52. The Kier molecular flexibility index (Phi) is 4.39. The lowest BCUT2D eigenvalue weighted by atomic mass is 10.0. The van der Waals surface area contributed by atoms with E-state index in [1.807, 2.05) is 0 Å². The van der Waals surface area contributed by atoms with Gasteiger partial charge >= 0.3 is 5.69 Å². The maximum Gasteiger partial charge on any atom is 0.351 e. The number of nitrogens with zero attached hydrogens (tertiary/aromatic N) is 2. The first-order valence-electron chi connectivity index (χ1n) is 6.10. The number of phosphoric acid groups is 1.